The van der Waals surface area contributed by atoms with Crippen molar-refractivity contribution in [2.45, 2.75) is 40.2 Å². The lowest BCUT2D eigenvalue weighted by Crippen LogP contribution is -2.45. The Hall–Kier alpha value is 0.320. The van der Waals surface area contributed by atoms with Gasteiger partial charge in [-0.05, 0) is 19.0 Å². The molecular weight excluding hydrogens is 353 g/mol. The van der Waals surface area contributed by atoms with Crippen molar-refractivity contribution in [3.63, 3.8) is 0 Å². The summed E-state index contributed by atoms with van der Waals surface area (Å²) < 4.78 is 0. The van der Waals surface area contributed by atoms with E-state index in [0.29, 0.717) is 24.3 Å². The Bertz CT molecular complexity index is 299. The van der Waals surface area contributed by atoms with Crippen LogP contribution in [-0.4, -0.2) is 72.5 Å². The number of hydrogen-bond acceptors (Lipinski definition) is 4. The molecule has 1 N–H and O–H groups in total. The molecule has 0 spiro atoms. The number of likely N-dealkylation sites (N-methyl/N-ethyl adjacent to an activating group) is 1. The van der Waals surface area contributed by atoms with Gasteiger partial charge in [-0.3, -0.25) is 4.79 Å². The smallest absolute Gasteiger partial charge is 0.224 e. The highest BCUT2D eigenvalue weighted by Crippen LogP contribution is 2.12. The van der Waals surface area contributed by atoms with Gasteiger partial charge in [0.2, 0.25) is 5.91 Å². The quantitative estimate of drug-likeness (QED) is 0.659. The number of nitrogens with zero attached hydrogens (tertiary/aromatic N) is 2. The minimum atomic E-state index is 0. The fourth-order valence-electron chi connectivity index (χ4n) is 2.65. The van der Waals surface area contributed by atoms with E-state index in [1.807, 2.05) is 11.8 Å². The first-order valence-electron chi connectivity index (χ1n) is 8.38. The van der Waals surface area contributed by atoms with Crippen LogP contribution >= 0.6 is 36.6 Å². The minimum Gasteiger partial charge on any atom is -0.341 e. The van der Waals surface area contributed by atoms with E-state index in [-0.39, 0.29) is 24.8 Å². The molecule has 1 heterocycles. The molecule has 1 aliphatic rings. The molecule has 0 aromatic heterocycles. The van der Waals surface area contributed by atoms with Gasteiger partial charge in [0.05, 0.1) is 0 Å². The number of carbonyl (C=O) groups is 1. The Labute approximate surface area is 159 Å². The fraction of sp³-hybridized carbons (Fsp3) is 0.938. The lowest BCUT2D eigenvalue weighted by atomic mass is 10.1. The molecule has 1 amide bonds. The Balaban J connectivity index is 0. The first-order valence-corrected chi connectivity index (χ1v) is 9.53. The largest absolute Gasteiger partial charge is 0.341 e. The zero-order chi connectivity index (χ0) is 15.7. The number of halogens is 2. The predicted octanol–water partition coefficient (Wildman–Crippen LogP) is 2.75. The molecule has 0 bridgehead atoms. The van der Waals surface area contributed by atoms with Gasteiger partial charge in [0.25, 0.3) is 0 Å². The van der Waals surface area contributed by atoms with Crippen molar-refractivity contribution in [3.8, 4) is 0 Å². The number of thioether (sulfide) groups is 1. The number of hydrogen-bond donors (Lipinski definition) is 1. The number of carbonyl (C=O) groups excluding carboxylic acids is 1. The molecule has 0 saturated carbocycles. The average molecular weight is 388 g/mol. The van der Waals surface area contributed by atoms with Crippen LogP contribution in [0.2, 0.25) is 0 Å². The first-order chi connectivity index (χ1) is 10.1. The van der Waals surface area contributed by atoms with Gasteiger partial charge in [-0.2, -0.15) is 11.8 Å². The molecule has 0 aliphatic carbocycles. The van der Waals surface area contributed by atoms with Crippen molar-refractivity contribution < 1.29 is 4.79 Å². The van der Waals surface area contributed by atoms with E-state index in [4.69, 9.17) is 0 Å². The highest BCUT2D eigenvalue weighted by Gasteiger charge is 2.21. The monoisotopic (exact) mass is 387 g/mol. The van der Waals surface area contributed by atoms with Crippen molar-refractivity contribution in [2.24, 2.45) is 5.92 Å². The first kappa shape index (κ1) is 25.6. The molecule has 140 valence electrons. The maximum Gasteiger partial charge on any atom is 0.224 e. The molecule has 4 nitrogen and oxygen atoms in total. The third kappa shape index (κ3) is 10.7. The van der Waals surface area contributed by atoms with Crippen molar-refractivity contribution >= 4 is 42.5 Å². The van der Waals surface area contributed by atoms with Crippen LogP contribution in [0.1, 0.15) is 34.1 Å². The van der Waals surface area contributed by atoms with Gasteiger partial charge in [0, 0.05) is 50.1 Å². The van der Waals surface area contributed by atoms with Gasteiger partial charge in [-0.25, -0.2) is 0 Å². The second-order valence-corrected chi connectivity index (χ2v) is 7.34. The normalized spacial score (nSPS) is 17.6. The predicted molar refractivity (Wildman–Crippen MR) is 107 cm³/mol. The van der Waals surface area contributed by atoms with Crippen LogP contribution in [0.25, 0.3) is 0 Å². The average Bonchev–Trinajstić information content (AvgIpc) is 2.47. The topological polar surface area (TPSA) is 35.6 Å². The molecular formula is C16H35Cl2N3OS. The highest BCUT2D eigenvalue weighted by atomic mass is 35.5. The molecule has 1 atom stereocenters. The maximum absolute atomic E-state index is 12.6. The molecule has 1 unspecified atom stereocenters. The number of rotatable bonds is 9. The molecule has 1 fully saturated rings. The highest BCUT2D eigenvalue weighted by molar-refractivity contribution is 7.99. The van der Waals surface area contributed by atoms with Crippen LogP contribution in [0.5, 0.6) is 0 Å². The molecule has 7 heteroatoms. The number of amides is 1. The summed E-state index contributed by atoms with van der Waals surface area (Å²) in [6.07, 6.45) is 0.651. The second-order valence-electron chi connectivity index (χ2n) is 6.19. The van der Waals surface area contributed by atoms with Crippen LogP contribution in [-0.2, 0) is 4.79 Å². The van der Waals surface area contributed by atoms with Crippen LogP contribution in [0.4, 0.5) is 0 Å². The summed E-state index contributed by atoms with van der Waals surface area (Å²) in [6, 6.07) is 0.361. The molecule has 0 aromatic carbocycles. The summed E-state index contributed by atoms with van der Waals surface area (Å²) in [6.45, 7) is 14.6. The third-order valence-corrected chi connectivity index (χ3v) is 5.07. The summed E-state index contributed by atoms with van der Waals surface area (Å²) in [7, 11) is 0. The molecule has 1 saturated heterocycles. The molecule has 1 rings (SSSR count). The van der Waals surface area contributed by atoms with Crippen molar-refractivity contribution in [2.75, 3.05) is 50.8 Å². The van der Waals surface area contributed by atoms with E-state index >= 15 is 0 Å². The zero-order valence-corrected chi connectivity index (χ0v) is 17.5. The van der Waals surface area contributed by atoms with Crippen molar-refractivity contribution in [1.82, 2.24) is 15.1 Å². The standard InChI is InChI=1S/C16H33N3OS.2ClH/c1-5-18(6-2)8-9-19(12-14(3)4)16(20)11-15-13-21-10-7-17-15;;/h14-15,17H,5-13H2,1-4H3;2*1H. The third-order valence-electron chi connectivity index (χ3n) is 3.94. The van der Waals surface area contributed by atoms with E-state index in [2.05, 4.69) is 42.8 Å². The van der Waals surface area contributed by atoms with E-state index < -0.39 is 0 Å². The van der Waals surface area contributed by atoms with Gasteiger partial charge in [-0.1, -0.05) is 27.7 Å². The molecule has 0 aromatic rings. The maximum atomic E-state index is 12.6. The van der Waals surface area contributed by atoms with Crippen LogP contribution in [0.15, 0.2) is 0 Å². The van der Waals surface area contributed by atoms with Crippen LogP contribution < -0.4 is 5.32 Å². The number of nitrogens with one attached hydrogen (secondary N) is 1. The molecule has 0 radical (unpaired) electrons. The van der Waals surface area contributed by atoms with E-state index in [1.165, 1.54) is 5.75 Å². The summed E-state index contributed by atoms with van der Waals surface area (Å²) in [5.41, 5.74) is 0. The van der Waals surface area contributed by atoms with Crippen molar-refractivity contribution in [1.29, 1.82) is 0 Å². The summed E-state index contributed by atoms with van der Waals surface area (Å²) in [5, 5.41) is 3.47. The summed E-state index contributed by atoms with van der Waals surface area (Å²) in [5.74, 6) is 3.08. The second kappa shape index (κ2) is 14.6. The van der Waals surface area contributed by atoms with E-state index in [9.17, 15) is 4.79 Å². The van der Waals surface area contributed by atoms with Gasteiger partial charge in [0.1, 0.15) is 0 Å². The van der Waals surface area contributed by atoms with Crippen LogP contribution in [0.3, 0.4) is 0 Å². The minimum absolute atomic E-state index is 0. The van der Waals surface area contributed by atoms with E-state index in [0.717, 1.165) is 45.0 Å². The fourth-order valence-corrected chi connectivity index (χ4v) is 3.60. The lowest BCUT2D eigenvalue weighted by Gasteiger charge is -2.30. The summed E-state index contributed by atoms with van der Waals surface area (Å²) in [4.78, 5) is 17.1. The van der Waals surface area contributed by atoms with E-state index in [1.54, 1.807) is 0 Å². The Morgan fingerprint density at radius 1 is 1.22 bits per heavy atom. The van der Waals surface area contributed by atoms with Gasteiger partial charge in [0.15, 0.2) is 0 Å². The zero-order valence-electron chi connectivity index (χ0n) is 15.0. The van der Waals surface area contributed by atoms with Crippen LogP contribution in [0, 0.1) is 5.92 Å². The Morgan fingerprint density at radius 2 is 1.87 bits per heavy atom. The molecule has 23 heavy (non-hydrogen) atoms. The Kier molecular flexibility index (Phi) is 16.3. The SMILES string of the molecule is CCN(CC)CCN(CC(C)C)C(=O)CC1CSCCN1.Cl.Cl. The summed E-state index contributed by atoms with van der Waals surface area (Å²) >= 11 is 1.95. The van der Waals surface area contributed by atoms with Gasteiger partial charge in [-0.15, -0.1) is 24.8 Å². The van der Waals surface area contributed by atoms with Crippen molar-refractivity contribution in [3.05, 3.63) is 0 Å². The van der Waals surface area contributed by atoms with Gasteiger partial charge < -0.3 is 15.1 Å². The van der Waals surface area contributed by atoms with Gasteiger partial charge >= 0.3 is 0 Å². The Morgan fingerprint density at radius 3 is 2.35 bits per heavy atom. The molecule has 1 aliphatic heterocycles. The lowest BCUT2D eigenvalue weighted by molar-refractivity contribution is -0.132.